The Morgan fingerprint density at radius 1 is 0.971 bits per heavy atom. The third kappa shape index (κ3) is 5.91. The first-order valence-electron chi connectivity index (χ1n) is 11.3. The molecule has 0 saturated heterocycles. The Bertz CT molecular complexity index is 1220. The van der Waals surface area contributed by atoms with Crippen LogP contribution in [0.3, 0.4) is 0 Å². The highest BCUT2D eigenvalue weighted by Gasteiger charge is 2.24. The van der Waals surface area contributed by atoms with Gasteiger partial charge in [-0.1, -0.05) is 78.8 Å². The first kappa shape index (κ1) is 23.7. The largest absolute Gasteiger partial charge is 0.346 e. The van der Waals surface area contributed by atoms with Crippen molar-refractivity contribution in [1.82, 2.24) is 20.1 Å². The van der Waals surface area contributed by atoms with E-state index in [9.17, 15) is 9.18 Å². The second kappa shape index (κ2) is 11.1. The van der Waals surface area contributed by atoms with Crippen LogP contribution in [0.25, 0.3) is 5.69 Å². The van der Waals surface area contributed by atoms with Crippen molar-refractivity contribution < 1.29 is 9.18 Å². The molecule has 0 aliphatic heterocycles. The Morgan fingerprint density at radius 3 is 2.35 bits per heavy atom. The molecule has 3 aromatic carbocycles. The zero-order chi connectivity index (χ0) is 23.9. The lowest BCUT2D eigenvalue weighted by molar-refractivity contribution is -0.121. The van der Waals surface area contributed by atoms with Crippen molar-refractivity contribution >= 4 is 17.7 Å². The zero-order valence-corrected chi connectivity index (χ0v) is 20.1. The molecule has 4 rings (SSSR count). The van der Waals surface area contributed by atoms with Crippen molar-refractivity contribution in [2.75, 3.05) is 0 Å². The monoisotopic (exact) mass is 474 g/mol. The van der Waals surface area contributed by atoms with E-state index in [1.807, 2.05) is 73.0 Å². The van der Waals surface area contributed by atoms with Crippen LogP contribution in [0, 0.1) is 12.7 Å². The van der Waals surface area contributed by atoms with E-state index in [-0.39, 0.29) is 17.8 Å². The number of nitrogens with one attached hydrogen (secondary N) is 1. The number of hydrogen-bond donors (Lipinski definition) is 1. The molecule has 4 aromatic rings. The van der Waals surface area contributed by atoms with Gasteiger partial charge in [0.1, 0.15) is 5.82 Å². The predicted octanol–water partition coefficient (Wildman–Crippen LogP) is 5.82. The second-order valence-electron chi connectivity index (χ2n) is 8.09. The zero-order valence-electron chi connectivity index (χ0n) is 19.2. The number of carbonyl (C=O) groups excluding carboxylic acids is 1. The molecule has 1 heterocycles. The minimum Gasteiger partial charge on any atom is -0.346 e. The van der Waals surface area contributed by atoms with Gasteiger partial charge in [-0.2, -0.15) is 0 Å². The van der Waals surface area contributed by atoms with Crippen LogP contribution >= 0.6 is 11.8 Å². The van der Waals surface area contributed by atoms with Gasteiger partial charge in [0.2, 0.25) is 5.91 Å². The van der Waals surface area contributed by atoms with Crippen LogP contribution < -0.4 is 5.32 Å². The van der Waals surface area contributed by atoms with Crippen molar-refractivity contribution in [3.8, 4) is 5.69 Å². The van der Waals surface area contributed by atoms with Crippen molar-refractivity contribution in [2.45, 2.75) is 43.6 Å². The quantitative estimate of drug-likeness (QED) is 0.311. The summed E-state index contributed by atoms with van der Waals surface area (Å²) in [5.41, 5.74) is 4.17. The fourth-order valence-electron chi connectivity index (χ4n) is 3.62. The molecule has 0 fully saturated rings. The summed E-state index contributed by atoms with van der Waals surface area (Å²) in [6.07, 6.45) is 0.981. The molecule has 0 bridgehead atoms. The van der Waals surface area contributed by atoms with Crippen LogP contribution in [-0.4, -0.2) is 20.7 Å². The third-order valence-corrected chi connectivity index (χ3v) is 6.48. The predicted molar refractivity (Wildman–Crippen MR) is 133 cm³/mol. The Labute approximate surface area is 203 Å². The summed E-state index contributed by atoms with van der Waals surface area (Å²) < 4.78 is 15.3. The summed E-state index contributed by atoms with van der Waals surface area (Å²) in [6, 6.07) is 24.3. The minimum absolute atomic E-state index is 0.0418. The normalized spacial score (nSPS) is 11.9. The molecule has 0 radical (unpaired) electrons. The first-order chi connectivity index (χ1) is 16.5. The molecule has 0 spiro atoms. The lowest BCUT2D eigenvalue weighted by atomic mass is 10.0. The van der Waals surface area contributed by atoms with Gasteiger partial charge in [0.15, 0.2) is 11.0 Å². The van der Waals surface area contributed by atoms with Crippen molar-refractivity contribution in [2.24, 2.45) is 0 Å². The Balaban J connectivity index is 1.72. The van der Waals surface area contributed by atoms with Gasteiger partial charge in [0.05, 0.1) is 6.04 Å². The fraction of sp³-hybridized carbons (Fsp3) is 0.222. The van der Waals surface area contributed by atoms with Gasteiger partial charge in [-0.3, -0.25) is 9.36 Å². The molecule has 34 heavy (non-hydrogen) atoms. The molecule has 0 saturated carbocycles. The van der Waals surface area contributed by atoms with Crippen LogP contribution in [0.2, 0.25) is 0 Å². The Kier molecular flexibility index (Phi) is 7.75. The smallest absolute Gasteiger partial charge is 0.220 e. The van der Waals surface area contributed by atoms with E-state index in [1.54, 1.807) is 12.1 Å². The Morgan fingerprint density at radius 2 is 1.68 bits per heavy atom. The summed E-state index contributed by atoms with van der Waals surface area (Å²) in [5.74, 6) is 1.000. The molecule has 1 amide bonds. The highest BCUT2D eigenvalue weighted by atomic mass is 32.2. The van der Waals surface area contributed by atoms with Gasteiger partial charge in [-0.05, 0) is 48.7 Å². The van der Waals surface area contributed by atoms with E-state index in [0.29, 0.717) is 29.6 Å². The van der Waals surface area contributed by atoms with Crippen LogP contribution in [0.15, 0.2) is 84.0 Å². The minimum atomic E-state index is -0.344. The van der Waals surface area contributed by atoms with Crippen molar-refractivity contribution in [3.05, 3.63) is 107 Å². The van der Waals surface area contributed by atoms with Crippen LogP contribution in [0.5, 0.6) is 0 Å². The Hall–Kier alpha value is -3.45. The van der Waals surface area contributed by atoms with Gasteiger partial charge in [-0.25, -0.2) is 4.39 Å². The topological polar surface area (TPSA) is 59.8 Å². The van der Waals surface area contributed by atoms with E-state index < -0.39 is 0 Å². The molecule has 1 unspecified atom stereocenters. The van der Waals surface area contributed by atoms with E-state index in [1.165, 1.54) is 23.9 Å². The molecular formula is C27H27FN4OS. The summed E-state index contributed by atoms with van der Waals surface area (Å²) >= 11 is 1.53. The molecule has 1 N–H and O–H groups in total. The van der Waals surface area contributed by atoms with Crippen LogP contribution in [0.1, 0.15) is 41.9 Å². The maximum Gasteiger partial charge on any atom is 0.220 e. The van der Waals surface area contributed by atoms with Gasteiger partial charge in [0, 0.05) is 17.9 Å². The maximum atomic E-state index is 13.3. The number of hydrogen-bond acceptors (Lipinski definition) is 4. The summed E-state index contributed by atoms with van der Waals surface area (Å²) in [4.78, 5) is 12.4. The molecule has 0 aliphatic rings. The number of nitrogens with zero attached hydrogens (tertiary/aromatic N) is 3. The van der Waals surface area contributed by atoms with Crippen LogP contribution in [0.4, 0.5) is 4.39 Å². The average molecular weight is 475 g/mol. The molecule has 174 valence electrons. The lowest BCUT2D eigenvalue weighted by Crippen LogP contribution is -2.31. The average Bonchev–Trinajstić information content (AvgIpc) is 3.28. The number of aromatic nitrogens is 3. The number of halogens is 1. The summed E-state index contributed by atoms with van der Waals surface area (Å²) in [7, 11) is 0. The molecule has 1 aromatic heterocycles. The number of rotatable bonds is 9. The van der Waals surface area contributed by atoms with Gasteiger partial charge < -0.3 is 5.32 Å². The molecular weight excluding hydrogens is 447 g/mol. The number of aryl methyl sites for hydroxylation is 1. The summed E-state index contributed by atoms with van der Waals surface area (Å²) in [6.45, 7) is 3.88. The number of thioether (sulfide) groups is 1. The van der Waals surface area contributed by atoms with Crippen molar-refractivity contribution in [3.63, 3.8) is 0 Å². The van der Waals surface area contributed by atoms with E-state index in [4.69, 9.17) is 0 Å². The summed E-state index contributed by atoms with van der Waals surface area (Å²) in [5, 5.41) is 12.9. The van der Waals surface area contributed by atoms with Gasteiger partial charge in [0.25, 0.3) is 0 Å². The van der Waals surface area contributed by atoms with E-state index >= 15 is 0 Å². The molecule has 0 aliphatic carbocycles. The third-order valence-electron chi connectivity index (χ3n) is 5.48. The van der Waals surface area contributed by atoms with Crippen LogP contribution in [-0.2, 0) is 17.0 Å². The standard InChI is InChI=1S/C27H27FN4OS/c1-3-25(33)29-24(17-20-7-5-4-6-8-20)26-30-31-27(32(26)23-15-9-19(2)10-16-23)34-18-21-11-13-22(28)14-12-21/h4-16,24H,3,17-18H2,1-2H3,(H,29,33). The van der Waals surface area contributed by atoms with E-state index in [0.717, 1.165) is 22.4 Å². The molecule has 1 atom stereocenters. The number of amides is 1. The van der Waals surface area contributed by atoms with Crippen molar-refractivity contribution in [1.29, 1.82) is 0 Å². The van der Waals surface area contributed by atoms with Gasteiger partial charge in [-0.15, -0.1) is 10.2 Å². The highest BCUT2D eigenvalue weighted by Crippen LogP contribution is 2.29. The molecule has 5 nitrogen and oxygen atoms in total. The molecule has 7 heteroatoms. The fourth-order valence-corrected chi connectivity index (χ4v) is 4.53. The highest BCUT2D eigenvalue weighted by molar-refractivity contribution is 7.98. The number of benzene rings is 3. The van der Waals surface area contributed by atoms with E-state index in [2.05, 4.69) is 15.5 Å². The maximum absolute atomic E-state index is 13.3. The number of carbonyl (C=O) groups is 1. The second-order valence-corrected chi connectivity index (χ2v) is 9.03. The SMILES string of the molecule is CCC(=O)NC(Cc1ccccc1)c1nnc(SCc2ccc(F)cc2)n1-c1ccc(C)cc1. The first-order valence-corrected chi connectivity index (χ1v) is 12.2. The lowest BCUT2D eigenvalue weighted by Gasteiger charge is -2.20. The van der Waals surface area contributed by atoms with Gasteiger partial charge >= 0.3 is 0 Å².